The first-order valence-electron chi connectivity index (χ1n) is 5.68. The predicted molar refractivity (Wildman–Crippen MR) is 63.2 cm³/mol. The van der Waals surface area contributed by atoms with Crippen LogP contribution in [0, 0.1) is 11.7 Å². The molecule has 0 saturated heterocycles. The molecule has 0 N–H and O–H groups in total. The zero-order valence-corrected chi connectivity index (χ0v) is 10.2. The lowest BCUT2D eigenvalue weighted by atomic mass is 10.1. The lowest BCUT2D eigenvalue weighted by molar-refractivity contribution is -0.121. The highest BCUT2D eigenvalue weighted by molar-refractivity contribution is 5.81. The highest BCUT2D eigenvalue weighted by Gasteiger charge is 2.16. The Morgan fingerprint density at radius 1 is 1.39 bits per heavy atom. The van der Waals surface area contributed by atoms with E-state index in [1.54, 1.807) is 32.0 Å². The summed E-state index contributed by atoms with van der Waals surface area (Å²) in [6, 6.07) is 6.16. The van der Waals surface area contributed by atoms with Gasteiger partial charge < -0.3 is 4.52 Å². The quantitative estimate of drug-likeness (QED) is 0.834. The minimum absolute atomic E-state index is 0.0127. The Kier molecular flexibility index (Phi) is 3.50. The fraction of sp³-hybridized carbons (Fsp3) is 0.308. The van der Waals surface area contributed by atoms with Crippen molar-refractivity contribution in [1.82, 2.24) is 10.1 Å². The molecule has 0 spiro atoms. The summed E-state index contributed by atoms with van der Waals surface area (Å²) in [6.45, 7) is 3.60. The van der Waals surface area contributed by atoms with Crippen molar-refractivity contribution < 1.29 is 13.7 Å². The molecule has 0 aliphatic carbocycles. The molecule has 0 bridgehead atoms. The van der Waals surface area contributed by atoms with Gasteiger partial charge in [-0.1, -0.05) is 31.1 Å². The number of carbonyl (C=O) groups is 1. The normalized spacial score (nSPS) is 10.9. The average molecular weight is 248 g/mol. The van der Waals surface area contributed by atoms with Gasteiger partial charge in [0.15, 0.2) is 0 Å². The van der Waals surface area contributed by atoms with Gasteiger partial charge in [-0.05, 0) is 12.1 Å². The zero-order chi connectivity index (χ0) is 13.1. The fourth-order valence-electron chi connectivity index (χ4n) is 1.43. The third kappa shape index (κ3) is 2.61. The Bertz CT molecular complexity index is 564. The van der Waals surface area contributed by atoms with E-state index in [0.29, 0.717) is 0 Å². The molecule has 1 aromatic heterocycles. The molecule has 2 aromatic rings. The van der Waals surface area contributed by atoms with Crippen LogP contribution in [0.15, 0.2) is 28.8 Å². The van der Waals surface area contributed by atoms with Gasteiger partial charge in [-0.2, -0.15) is 4.98 Å². The molecule has 18 heavy (non-hydrogen) atoms. The van der Waals surface area contributed by atoms with Crippen LogP contribution < -0.4 is 0 Å². The van der Waals surface area contributed by atoms with E-state index in [4.69, 9.17) is 4.52 Å². The number of Topliss-reactive ketones (excluding diaryl/α,β-unsaturated/α-hetero) is 1. The largest absolute Gasteiger partial charge is 0.338 e. The number of nitrogens with zero attached hydrogens (tertiary/aromatic N) is 2. The maximum atomic E-state index is 13.5. The standard InChI is InChI=1S/C13H13FN2O2/c1-8(2)11(17)7-12-15-13(16-18-12)9-5-3-4-6-10(9)14/h3-6,8H,7H2,1-2H3. The summed E-state index contributed by atoms with van der Waals surface area (Å²) in [4.78, 5) is 15.5. The Labute approximate surface area is 104 Å². The van der Waals surface area contributed by atoms with Gasteiger partial charge in [0.1, 0.15) is 11.6 Å². The Balaban J connectivity index is 2.21. The Morgan fingerprint density at radius 2 is 2.11 bits per heavy atom. The van der Waals surface area contributed by atoms with Gasteiger partial charge in [0.2, 0.25) is 11.7 Å². The van der Waals surface area contributed by atoms with Gasteiger partial charge in [0, 0.05) is 5.92 Å². The summed E-state index contributed by atoms with van der Waals surface area (Å²) in [5.74, 6) is -0.112. The van der Waals surface area contributed by atoms with Crippen LogP contribution in [-0.2, 0) is 11.2 Å². The van der Waals surface area contributed by atoms with Crippen LogP contribution in [0.2, 0.25) is 0 Å². The van der Waals surface area contributed by atoms with Crippen LogP contribution in [0.25, 0.3) is 11.4 Å². The number of hydrogen-bond acceptors (Lipinski definition) is 4. The second kappa shape index (κ2) is 5.08. The lowest BCUT2D eigenvalue weighted by Gasteiger charge is -1.98. The molecule has 4 nitrogen and oxygen atoms in total. The monoisotopic (exact) mass is 248 g/mol. The third-order valence-corrected chi connectivity index (χ3v) is 2.55. The molecular weight excluding hydrogens is 235 g/mol. The van der Waals surface area contributed by atoms with Crippen molar-refractivity contribution in [3.05, 3.63) is 36.0 Å². The molecule has 0 atom stereocenters. The molecule has 0 saturated carbocycles. The summed E-state index contributed by atoms with van der Waals surface area (Å²) in [5.41, 5.74) is 0.268. The number of benzene rings is 1. The van der Waals surface area contributed by atoms with E-state index in [-0.39, 0.29) is 35.4 Å². The molecule has 2 rings (SSSR count). The van der Waals surface area contributed by atoms with E-state index in [1.165, 1.54) is 6.07 Å². The smallest absolute Gasteiger partial charge is 0.234 e. The summed E-state index contributed by atoms with van der Waals surface area (Å²) in [6.07, 6.45) is 0.0825. The van der Waals surface area contributed by atoms with Crippen LogP contribution in [0.5, 0.6) is 0 Å². The van der Waals surface area contributed by atoms with Crippen molar-refractivity contribution in [2.45, 2.75) is 20.3 Å². The Morgan fingerprint density at radius 3 is 2.78 bits per heavy atom. The molecule has 0 aliphatic heterocycles. The number of hydrogen-bond donors (Lipinski definition) is 0. The molecular formula is C13H13FN2O2. The van der Waals surface area contributed by atoms with Crippen LogP contribution >= 0.6 is 0 Å². The van der Waals surface area contributed by atoms with Crippen molar-refractivity contribution >= 4 is 5.78 Å². The Hall–Kier alpha value is -2.04. The van der Waals surface area contributed by atoms with E-state index in [0.717, 1.165) is 0 Å². The predicted octanol–water partition coefficient (Wildman–Crippen LogP) is 2.64. The van der Waals surface area contributed by atoms with Crippen molar-refractivity contribution in [1.29, 1.82) is 0 Å². The van der Waals surface area contributed by atoms with Crippen LogP contribution in [0.4, 0.5) is 4.39 Å². The minimum atomic E-state index is -0.417. The van der Waals surface area contributed by atoms with E-state index >= 15 is 0 Å². The number of carbonyl (C=O) groups excluding carboxylic acids is 1. The summed E-state index contributed by atoms with van der Waals surface area (Å²) >= 11 is 0. The molecule has 0 aliphatic rings. The summed E-state index contributed by atoms with van der Waals surface area (Å²) < 4.78 is 18.4. The SMILES string of the molecule is CC(C)C(=O)Cc1nc(-c2ccccc2F)no1. The van der Waals surface area contributed by atoms with E-state index in [1.807, 2.05) is 0 Å². The summed E-state index contributed by atoms with van der Waals surface area (Å²) in [5, 5.41) is 3.68. The van der Waals surface area contributed by atoms with Crippen LogP contribution in [0.3, 0.4) is 0 Å². The maximum Gasteiger partial charge on any atom is 0.234 e. The van der Waals surface area contributed by atoms with Gasteiger partial charge in [-0.25, -0.2) is 4.39 Å². The molecule has 0 amide bonds. The highest BCUT2D eigenvalue weighted by atomic mass is 19.1. The van der Waals surface area contributed by atoms with Crippen LogP contribution in [-0.4, -0.2) is 15.9 Å². The van der Waals surface area contributed by atoms with Gasteiger partial charge >= 0.3 is 0 Å². The third-order valence-electron chi connectivity index (χ3n) is 2.55. The minimum Gasteiger partial charge on any atom is -0.338 e. The molecule has 5 heteroatoms. The number of aromatic nitrogens is 2. The van der Waals surface area contributed by atoms with E-state index < -0.39 is 5.82 Å². The molecule has 94 valence electrons. The highest BCUT2D eigenvalue weighted by Crippen LogP contribution is 2.19. The molecule has 1 aromatic carbocycles. The van der Waals surface area contributed by atoms with Crippen LogP contribution in [0.1, 0.15) is 19.7 Å². The van der Waals surface area contributed by atoms with Crippen molar-refractivity contribution in [2.75, 3.05) is 0 Å². The topological polar surface area (TPSA) is 56.0 Å². The first-order valence-corrected chi connectivity index (χ1v) is 5.68. The molecule has 1 heterocycles. The van der Waals surface area contributed by atoms with Gasteiger partial charge in [0.05, 0.1) is 12.0 Å². The lowest BCUT2D eigenvalue weighted by Crippen LogP contribution is -2.10. The van der Waals surface area contributed by atoms with Crippen molar-refractivity contribution in [3.8, 4) is 11.4 Å². The summed E-state index contributed by atoms with van der Waals surface area (Å²) in [7, 11) is 0. The zero-order valence-electron chi connectivity index (χ0n) is 10.2. The number of halogens is 1. The first kappa shape index (κ1) is 12.4. The average Bonchev–Trinajstić information content (AvgIpc) is 2.77. The maximum absolute atomic E-state index is 13.5. The second-order valence-corrected chi connectivity index (χ2v) is 4.29. The number of ketones is 1. The first-order chi connectivity index (χ1) is 8.58. The molecule has 0 radical (unpaired) electrons. The molecule has 0 fully saturated rings. The second-order valence-electron chi connectivity index (χ2n) is 4.29. The van der Waals surface area contributed by atoms with Crippen molar-refractivity contribution in [2.24, 2.45) is 5.92 Å². The van der Waals surface area contributed by atoms with Gasteiger partial charge in [0.25, 0.3) is 0 Å². The van der Waals surface area contributed by atoms with E-state index in [2.05, 4.69) is 10.1 Å². The number of rotatable bonds is 4. The van der Waals surface area contributed by atoms with E-state index in [9.17, 15) is 9.18 Å². The van der Waals surface area contributed by atoms with Gasteiger partial charge in [-0.15, -0.1) is 0 Å². The van der Waals surface area contributed by atoms with Crippen molar-refractivity contribution in [3.63, 3.8) is 0 Å². The van der Waals surface area contributed by atoms with Gasteiger partial charge in [-0.3, -0.25) is 4.79 Å². The molecule has 0 unspecified atom stereocenters. The fourth-order valence-corrected chi connectivity index (χ4v) is 1.43.